The number of amides is 2. The summed E-state index contributed by atoms with van der Waals surface area (Å²) >= 11 is 0. The minimum Gasteiger partial charge on any atom is -0.274 e. The Hall–Kier alpha value is -2.16. The molecule has 0 unspecified atom stereocenters. The molecule has 1 aliphatic heterocycles. The van der Waals surface area contributed by atoms with Crippen LogP contribution < -0.4 is 4.90 Å². The number of hydrogen-bond acceptors (Lipinski definition) is 2. The van der Waals surface area contributed by atoms with Gasteiger partial charge in [-0.25, -0.2) is 0 Å². The van der Waals surface area contributed by atoms with E-state index in [2.05, 4.69) is 24.3 Å². The maximum atomic E-state index is 12.9. The van der Waals surface area contributed by atoms with E-state index in [0.717, 1.165) is 0 Å². The minimum absolute atomic E-state index is 0.00528. The molecule has 21 heavy (non-hydrogen) atoms. The molecule has 4 aliphatic carbocycles. The average molecular weight is 277 g/mol. The third kappa shape index (κ3) is 1.25. The van der Waals surface area contributed by atoms with E-state index in [1.807, 2.05) is 30.3 Å². The summed E-state index contributed by atoms with van der Waals surface area (Å²) in [5.41, 5.74) is 0.710. The summed E-state index contributed by atoms with van der Waals surface area (Å²) in [5.74, 6) is 1.03. The molecule has 1 aromatic carbocycles. The lowest BCUT2D eigenvalue weighted by Crippen LogP contribution is -2.50. The van der Waals surface area contributed by atoms with Gasteiger partial charge in [-0.2, -0.15) is 0 Å². The van der Waals surface area contributed by atoms with Crippen molar-refractivity contribution in [2.45, 2.75) is 0 Å². The molecule has 2 fully saturated rings. The Labute approximate surface area is 122 Å². The van der Waals surface area contributed by atoms with E-state index in [0.29, 0.717) is 17.5 Å². The van der Waals surface area contributed by atoms with Gasteiger partial charge in [0.1, 0.15) is 0 Å². The third-order valence-corrected chi connectivity index (χ3v) is 5.69. The first kappa shape index (κ1) is 11.5. The normalized spacial score (nSPS) is 42.0. The summed E-state index contributed by atoms with van der Waals surface area (Å²) in [6.07, 6.45) is 8.78. The van der Waals surface area contributed by atoms with Gasteiger partial charge >= 0.3 is 0 Å². The highest BCUT2D eigenvalue weighted by Crippen LogP contribution is 2.58. The van der Waals surface area contributed by atoms with Gasteiger partial charge in [-0.05, 0) is 35.8 Å². The predicted octanol–water partition coefficient (Wildman–Crippen LogP) is 2.41. The fourth-order valence-electron chi connectivity index (χ4n) is 4.72. The summed E-state index contributed by atoms with van der Waals surface area (Å²) < 4.78 is 0. The number of para-hydroxylation sites is 1. The van der Waals surface area contributed by atoms with E-state index in [1.165, 1.54) is 4.90 Å². The first-order valence-corrected chi connectivity index (χ1v) is 7.57. The zero-order valence-corrected chi connectivity index (χ0v) is 11.4. The van der Waals surface area contributed by atoms with Crippen molar-refractivity contribution in [3.05, 3.63) is 54.6 Å². The quantitative estimate of drug-likeness (QED) is 0.584. The number of anilines is 1. The lowest BCUT2D eigenvalue weighted by atomic mass is 9.50. The molecule has 3 nitrogen and oxygen atoms in total. The molecule has 2 amide bonds. The van der Waals surface area contributed by atoms with Crippen LogP contribution in [0, 0.1) is 35.5 Å². The molecular formula is C18H15NO2. The van der Waals surface area contributed by atoms with E-state index in [1.54, 1.807) is 0 Å². The fraction of sp³-hybridized carbons (Fsp3) is 0.333. The van der Waals surface area contributed by atoms with E-state index in [-0.39, 0.29) is 35.5 Å². The topological polar surface area (TPSA) is 37.4 Å². The Bertz CT molecular complexity index is 665. The average Bonchev–Trinajstić information content (AvgIpc) is 2.73. The lowest BCUT2D eigenvalue weighted by molar-refractivity contribution is -0.127. The molecule has 2 bridgehead atoms. The highest BCUT2D eigenvalue weighted by molar-refractivity contribution is 6.22. The van der Waals surface area contributed by atoms with Crippen LogP contribution in [0.3, 0.4) is 0 Å². The highest BCUT2D eigenvalue weighted by atomic mass is 16.2. The van der Waals surface area contributed by atoms with Crippen molar-refractivity contribution >= 4 is 17.5 Å². The second-order valence-electron chi connectivity index (χ2n) is 6.48. The number of nitrogens with zero attached hydrogens (tertiary/aromatic N) is 1. The van der Waals surface area contributed by atoms with Gasteiger partial charge in [-0.15, -0.1) is 0 Å². The van der Waals surface area contributed by atoms with Crippen LogP contribution in [0.15, 0.2) is 54.6 Å². The van der Waals surface area contributed by atoms with Crippen molar-refractivity contribution in [2.24, 2.45) is 35.5 Å². The zero-order chi connectivity index (χ0) is 14.1. The Morgan fingerprint density at radius 3 is 1.62 bits per heavy atom. The van der Waals surface area contributed by atoms with Crippen LogP contribution in [-0.4, -0.2) is 11.8 Å². The number of allylic oxidation sites excluding steroid dienone is 4. The summed E-state index contributed by atoms with van der Waals surface area (Å²) in [7, 11) is 0. The number of rotatable bonds is 1. The van der Waals surface area contributed by atoms with Gasteiger partial charge < -0.3 is 0 Å². The molecule has 6 atom stereocenters. The van der Waals surface area contributed by atoms with E-state index < -0.39 is 0 Å². The van der Waals surface area contributed by atoms with Crippen molar-refractivity contribution in [1.82, 2.24) is 0 Å². The van der Waals surface area contributed by atoms with Crippen LogP contribution >= 0.6 is 0 Å². The number of hydrogen-bond donors (Lipinski definition) is 0. The van der Waals surface area contributed by atoms with E-state index in [9.17, 15) is 9.59 Å². The van der Waals surface area contributed by atoms with Gasteiger partial charge in [-0.1, -0.05) is 42.5 Å². The molecule has 1 saturated carbocycles. The minimum atomic E-state index is -0.154. The lowest BCUT2D eigenvalue weighted by Gasteiger charge is -2.51. The van der Waals surface area contributed by atoms with Crippen molar-refractivity contribution in [2.75, 3.05) is 4.90 Å². The summed E-state index contributed by atoms with van der Waals surface area (Å²) in [4.78, 5) is 27.2. The van der Waals surface area contributed by atoms with Gasteiger partial charge in [0.05, 0.1) is 17.5 Å². The smallest absolute Gasteiger partial charge is 0.238 e. The molecule has 0 aromatic heterocycles. The summed E-state index contributed by atoms with van der Waals surface area (Å²) in [6, 6.07) is 9.33. The van der Waals surface area contributed by atoms with Crippen LogP contribution in [0.5, 0.6) is 0 Å². The number of carbonyl (C=O) groups is 2. The predicted molar refractivity (Wildman–Crippen MR) is 78.2 cm³/mol. The molecule has 0 N–H and O–H groups in total. The first-order valence-electron chi connectivity index (χ1n) is 7.57. The standard InChI is InChI=1S/C18H15NO2/c20-17-15-13-8-9-14(12-7-6-11(12)13)16(15)18(21)19(17)10-4-2-1-3-5-10/h1-9,11-16H/t11-,12+,13-,14-,15+,16-/m0/s1. The number of carbonyl (C=O) groups excluding carboxylic acids is 2. The molecule has 6 rings (SSSR count). The van der Waals surface area contributed by atoms with Crippen molar-refractivity contribution in [1.29, 1.82) is 0 Å². The molecule has 5 aliphatic rings. The van der Waals surface area contributed by atoms with Crippen LogP contribution in [0.2, 0.25) is 0 Å². The Balaban J connectivity index is 1.61. The highest BCUT2D eigenvalue weighted by Gasteiger charge is 2.62. The molecule has 3 heteroatoms. The Morgan fingerprint density at radius 2 is 1.14 bits per heavy atom. The molecule has 104 valence electrons. The molecule has 1 saturated heterocycles. The van der Waals surface area contributed by atoms with E-state index in [4.69, 9.17) is 0 Å². The molecule has 0 spiro atoms. The van der Waals surface area contributed by atoms with Crippen LogP contribution in [0.25, 0.3) is 0 Å². The van der Waals surface area contributed by atoms with Gasteiger partial charge in [0, 0.05) is 0 Å². The summed E-state index contributed by atoms with van der Waals surface area (Å²) in [6.45, 7) is 0. The third-order valence-electron chi connectivity index (χ3n) is 5.69. The van der Waals surface area contributed by atoms with Crippen LogP contribution in [-0.2, 0) is 9.59 Å². The van der Waals surface area contributed by atoms with E-state index >= 15 is 0 Å². The Kier molecular flexibility index (Phi) is 2.04. The fourth-order valence-corrected chi connectivity index (χ4v) is 4.72. The molecular weight excluding hydrogens is 262 g/mol. The van der Waals surface area contributed by atoms with Crippen molar-refractivity contribution < 1.29 is 9.59 Å². The van der Waals surface area contributed by atoms with Gasteiger partial charge in [0.2, 0.25) is 11.8 Å². The molecule has 0 radical (unpaired) electrons. The SMILES string of the molecule is O=C1[C@@H]2[C@H]3C=C[C@@H]([C@@H]4C=C[C@@H]43)[C@@H]2C(=O)N1c1ccccc1. The molecule has 1 aromatic rings. The zero-order valence-electron chi connectivity index (χ0n) is 11.4. The van der Waals surface area contributed by atoms with Crippen molar-refractivity contribution in [3.63, 3.8) is 0 Å². The van der Waals surface area contributed by atoms with Gasteiger partial charge in [0.15, 0.2) is 0 Å². The molecule has 1 heterocycles. The number of imide groups is 1. The van der Waals surface area contributed by atoms with Crippen LogP contribution in [0.1, 0.15) is 0 Å². The van der Waals surface area contributed by atoms with Gasteiger partial charge in [0.25, 0.3) is 0 Å². The number of benzene rings is 1. The first-order chi connectivity index (χ1) is 10.3. The second-order valence-corrected chi connectivity index (χ2v) is 6.48. The monoisotopic (exact) mass is 277 g/mol. The maximum absolute atomic E-state index is 12.9. The summed E-state index contributed by atoms with van der Waals surface area (Å²) in [5, 5.41) is 0. The van der Waals surface area contributed by atoms with Crippen LogP contribution in [0.4, 0.5) is 5.69 Å². The largest absolute Gasteiger partial charge is 0.274 e. The second kappa shape index (κ2) is 3.73. The van der Waals surface area contributed by atoms with Gasteiger partial charge in [-0.3, -0.25) is 14.5 Å². The Morgan fingerprint density at radius 1 is 0.667 bits per heavy atom. The van der Waals surface area contributed by atoms with Crippen molar-refractivity contribution in [3.8, 4) is 0 Å². The maximum Gasteiger partial charge on any atom is 0.238 e.